The summed E-state index contributed by atoms with van der Waals surface area (Å²) in [6, 6.07) is 7.47. The molecule has 8 heteroatoms. The van der Waals surface area contributed by atoms with Crippen LogP contribution in [0.25, 0.3) is 0 Å². The zero-order valence-corrected chi connectivity index (χ0v) is 21.6. The quantitative estimate of drug-likeness (QED) is 0.249. The third-order valence-electron chi connectivity index (χ3n) is 7.97. The van der Waals surface area contributed by atoms with Gasteiger partial charge in [-0.15, -0.1) is 6.58 Å². The second-order valence-electron chi connectivity index (χ2n) is 10.1. The van der Waals surface area contributed by atoms with Crippen LogP contribution in [0.5, 0.6) is 0 Å². The summed E-state index contributed by atoms with van der Waals surface area (Å²) in [5, 5.41) is 10.5. The van der Waals surface area contributed by atoms with Crippen LogP contribution >= 0.6 is 0 Å². The molecule has 2 unspecified atom stereocenters. The number of aliphatic hydroxyl groups is 1. The molecule has 3 saturated heterocycles. The Kier molecular flexibility index (Phi) is 8.49. The molecule has 6 atom stereocenters. The van der Waals surface area contributed by atoms with Gasteiger partial charge in [-0.2, -0.15) is 0 Å². The molecular formula is C29H38N2O6. The highest BCUT2D eigenvalue weighted by Crippen LogP contribution is 2.60. The van der Waals surface area contributed by atoms with Gasteiger partial charge >= 0.3 is 5.97 Å². The van der Waals surface area contributed by atoms with Crippen LogP contribution in [0, 0.1) is 11.8 Å². The maximum Gasteiger partial charge on any atom is 0.312 e. The Bertz CT molecular complexity index is 1010. The molecule has 4 rings (SSSR count). The number of hydrogen-bond acceptors (Lipinski definition) is 6. The molecule has 1 aromatic rings. The number of aliphatic hydroxyl groups excluding tert-OH is 1. The van der Waals surface area contributed by atoms with Crippen molar-refractivity contribution in [1.82, 2.24) is 9.80 Å². The fourth-order valence-corrected chi connectivity index (χ4v) is 6.41. The van der Waals surface area contributed by atoms with E-state index in [0.29, 0.717) is 31.5 Å². The van der Waals surface area contributed by atoms with E-state index in [9.17, 15) is 19.5 Å². The van der Waals surface area contributed by atoms with E-state index < -0.39 is 41.6 Å². The Morgan fingerprint density at radius 3 is 2.68 bits per heavy atom. The minimum absolute atomic E-state index is 0.0376. The van der Waals surface area contributed by atoms with E-state index in [2.05, 4.69) is 20.1 Å². The second-order valence-corrected chi connectivity index (χ2v) is 10.1. The van der Waals surface area contributed by atoms with Gasteiger partial charge in [0.15, 0.2) is 0 Å². The number of benzene rings is 1. The first-order chi connectivity index (χ1) is 17.9. The molecular weight excluding hydrogens is 472 g/mol. The Labute approximate surface area is 218 Å². The zero-order valence-electron chi connectivity index (χ0n) is 21.6. The number of amides is 2. The van der Waals surface area contributed by atoms with E-state index in [-0.39, 0.29) is 25.0 Å². The summed E-state index contributed by atoms with van der Waals surface area (Å²) in [5.41, 5.74) is -0.433. The van der Waals surface area contributed by atoms with Crippen LogP contribution in [0.4, 0.5) is 0 Å². The molecule has 3 aliphatic rings. The molecule has 3 aliphatic heterocycles. The number of carbonyl (C=O) groups excluding carboxylic acids is 3. The first kappa shape index (κ1) is 27.1. The summed E-state index contributed by atoms with van der Waals surface area (Å²) in [6.07, 6.45) is 6.53. The van der Waals surface area contributed by atoms with Gasteiger partial charge in [-0.05, 0) is 24.8 Å². The highest BCUT2D eigenvalue weighted by atomic mass is 16.6. The predicted octanol–water partition coefficient (Wildman–Crippen LogP) is 3.03. The maximum absolute atomic E-state index is 14.3. The average molecular weight is 511 g/mol. The van der Waals surface area contributed by atoms with Crippen LogP contribution < -0.4 is 0 Å². The van der Waals surface area contributed by atoms with Crippen molar-refractivity contribution in [3.8, 4) is 0 Å². The van der Waals surface area contributed by atoms with Crippen LogP contribution in [-0.4, -0.2) is 76.7 Å². The van der Waals surface area contributed by atoms with Crippen molar-refractivity contribution in [3.63, 3.8) is 0 Å². The highest BCUT2D eigenvalue weighted by Gasteiger charge is 2.75. The average Bonchev–Trinajstić information content (AvgIpc) is 3.55. The van der Waals surface area contributed by atoms with Crippen LogP contribution in [-0.2, 0) is 23.9 Å². The molecule has 200 valence electrons. The van der Waals surface area contributed by atoms with Gasteiger partial charge in [0.2, 0.25) is 11.8 Å². The molecule has 0 radical (unpaired) electrons. The number of hydrogen-bond donors (Lipinski definition) is 1. The number of ether oxygens (including phenoxy) is 2. The van der Waals surface area contributed by atoms with Crippen molar-refractivity contribution in [1.29, 1.82) is 0 Å². The smallest absolute Gasteiger partial charge is 0.312 e. The van der Waals surface area contributed by atoms with Gasteiger partial charge in [-0.1, -0.05) is 68.8 Å². The number of rotatable bonds is 13. The van der Waals surface area contributed by atoms with Gasteiger partial charge in [0.25, 0.3) is 0 Å². The molecule has 1 aromatic carbocycles. The minimum Gasteiger partial charge on any atom is -0.461 e. The second kappa shape index (κ2) is 11.6. The number of esters is 1. The Balaban J connectivity index is 1.78. The van der Waals surface area contributed by atoms with Gasteiger partial charge in [0.05, 0.1) is 30.6 Å². The third-order valence-corrected chi connectivity index (χ3v) is 7.97. The minimum atomic E-state index is -1.15. The summed E-state index contributed by atoms with van der Waals surface area (Å²) in [6.45, 7) is 10.1. The Morgan fingerprint density at radius 2 is 2.03 bits per heavy atom. The molecule has 2 amide bonds. The van der Waals surface area contributed by atoms with E-state index in [4.69, 9.17) is 9.47 Å². The lowest BCUT2D eigenvalue weighted by Crippen LogP contribution is -2.57. The molecule has 8 nitrogen and oxygen atoms in total. The normalized spacial score (nSPS) is 28.6. The standard InChI is InChI=1S/C29H38N2O6/c1-4-7-11-17-30(16-5-2)27(34)25-29-15-14-22(37-29)23(28(35)36-18-6-3)24(29)26(33)31(25)21(19-32)20-12-9-8-10-13-20/h5-6,8-10,12-13,21-25,32H,2-4,7,11,14-19H2,1H3/t21-,22+,23-,24+,25?,29?/m1/s1. The lowest BCUT2D eigenvalue weighted by atomic mass is 9.70. The van der Waals surface area contributed by atoms with Crippen molar-refractivity contribution in [2.75, 3.05) is 26.3 Å². The van der Waals surface area contributed by atoms with Crippen molar-refractivity contribution < 1.29 is 29.0 Å². The molecule has 0 saturated carbocycles. The zero-order chi connectivity index (χ0) is 26.6. The lowest BCUT2D eigenvalue weighted by Gasteiger charge is -2.39. The molecule has 1 N–H and O–H groups in total. The third kappa shape index (κ3) is 4.73. The Morgan fingerprint density at radius 1 is 1.27 bits per heavy atom. The fraction of sp³-hybridized carbons (Fsp3) is 0.552. The summed E-state index contributed by atoms with van der Waals surface area (Å²) in [7, 11) is 0. The summed E-state index contributed by atoms with van der Waals surface area (Å²) < 4.78 is 11.8. The van der Waals surface area contributed by atoms with Gasteiger partial charge in [-0.3, -0.25) is 14.4 Å². The molecule has 3 fully saturated rings. The largest absolute Gasteiger partial charge is 0.461 e. The van der Waals surface area contributed by atoms with E-state index in [0.717, 1.165) is 19.3 Å². The molecule has 1 spiro atoms. The van der Waals surface area contributed by atoms with Crippen molar-refractivity contribution in [3.05, 3.63) is 61.2 Å². The summed E-state index contributed by atoms with van der Waals surface area (Å²) >= 11 is 0. The van der Waals surface area contributed by atoms with E-state index >= 15 is 0 Å². The van der Waals surface area contributed by atoms with E-state index in [1.54, 1.807) is 11.0 Å². The number of likely N-dealkylation sites (tertiary alicyclic amines) is 1. The molecule has 2 bridgehead atoms. The Hall–Kier alpha value is -2.97. The number of nitrogens with zero attached hydrogens (tertiary/aromatic N) is 2. The summed E-state index contributed by atoms with van der Waals surface area (Å²) in [5.74, 6) is -2.75. The SMILES string of the molecule is C=CCOC(=O)[C@@H]1[C@@H]2CCC3(O2)C(C(=O)N(CC=C)CCCCC)N([C@H](CO)c2ccccc2)C(=O)[C@H]13. The van der Waals surface area contributed by atoms with E-state index in [1.807, 2.05) is 30.3 Å². The highest BCUT2D eigenvalue weighted by molar-refractivity contribution is 5.98. The van der Waals surface area contributed by atoms with Crippen LogP contribution in [0.15, 0.2) is 55.6 Å². The van der Waals surface area contributed by atoms with E-state index in [1.165, 1.54) is 11.0 Å². The number of carbonyl (C=O) groups is 3. The predicted molar refractivity (Wildman–Crippen MR) is 138 cm³/mol. The monoisotopic (exact) mass is 510 g/mol. The lowest BCUT2D eigenvalue weighted by molar-refractivity contribution is -0.156. The van der Waals surface area contributed by atoms with Gasteiger partial charge in [-0.25, -0.2) is 0 Å². The molecule has 3 heterocycles. The topological polar surface area (TPSA) is 96.4 Å². The van der Waals surface area contributed by atoms with Gasteiger partial charge < -0.3 is 24.4 Å². The first-order valence-electron chi connectivity index (χ1n) is 13.3. The molecule has 0 aromatic heterocycles. The van der Waals surface area contributed by atoms with Crippen molar-refractivity contribution in [2.45, 2.75) is 62.8 Å². The van der Waals surface area contributed by atoms with Gasteiger partial charge in [0.1, 0.15) is 18.2 Å². The number of fused-ring (bicyclic) bond motifs is 1. The van der Waals surface area contributed by atoms with Crippen LogP contribution in [0.2, 0.25) is 0 Å². The number of unbranched alkanes of at least 4 members (excludes halogenated alkanes) is 2. The molecule has 37 heavy (non-hydrogen) atoms. The first-order valence-corrected chi connectivity index (χ1v) is 13.3. The maximum atomic E-state index is 14.3. The van der Waals surface area contributed by atoms with Crippen molar-refractivity contribution >= 4 is 17.8 Å². The van der Waals surface area contributed by atoms with Crippen molar-refractivity contribution in [2.24, 2.45) is 11.8 Å². The summed E-state index contributed by atoms with van der Waals surface area (Å²) in [4.78, 5) is 44.8. The van der Waals surface area contributed by atoms with Crippen LogP contribution in [0.1, 0.15) is 50.6 Å². The molecule has 0 aliphatic carbocycles. The van der Waals surface area contributed by atoms with Gasteiger partial charge in [0, 0.05) is 13.1 Å². The van der Waals surface area contributed by atoms with Crippen LogP contribution in [0.3, 0.4) is 0 Å². The fourth-order valence-electron chi connectivity index (χ4n) is 6.41.